The molecule has 532 valence electrons. The number of sulfonamides is 4. The Hall–Kier alpha value is -8.20. The van der Waals surface area contributed by atoms with Gasteiger partial charge in [0.15, 0.2) is 0 Å². The molecule has 1 unspecified atom stereocenters. The molecule has 31 heteroatoms. The number of amides is 1. The third-order valence-electron chi connectivity index (χ3n) is 18.2. The molecule has 5 aromatic carbocycles. The summed E-state index contributed by atoms with van der Waals surface area (Å²) in [6.07, 6.45) is 13.5. The number of fused-ring (bicyclic) bond motifs is 5. The van der Waals surface area contributed by atoms with E-state index in [0.717, 1.165) is 74.9 Å². The molecule has 2 aliphatic carbocycles. The predicted molar refractivity (Wildman–Crippen MR) is 375 cm³/mol. The van der Waals surface area contributed by atoms with E-state index >= 15 is 0 Å². The van der Waals surface area contributed by atoms with Gasteiger partial charge < -0.3 is 66.7 Å². The van der Waals surface area contributed by atoms with Crippen molar-refractivity contribution in [2.75, 3.05) is 46.1 Å². The van der Waals surface area contributed by atoms with E-state index in [1.165, 1.54) is 32.1 Å². The van der Waals surface area contributed by atoms with Crippen molar-refractivity contribution < 1.29 is 71.6 Å². The Morgan fingerprint density at radius 1 is 0.434 bits per heavy atom. The van der Waals surface area contributed by atoms with Gasteiger partial charge in [-0.1, -0.05) is 67.1 Å². The van der Waals surface area contributed by atoms with Gasteiger partial charge in [0.2, 0.25) is 0 Å². The van der Waals surface area contributed by atoms with E-state index < -0.39 is 40.1 Å². The summed E-state index contributed by atoms with van der Waals surface area (Å²) < 4.78 is 147. The summed E-state index contributed by atoms with van der Waals surface area (Å²) in [5.41, 5.74) is 35.8. The Kier molecular flexibility index (Phi) is 22.7. The van der Waals surface area contributed by atoms with Crippen LogP contribution in [-0.2, 0) is 83.8 Å². The van der Waals surface area contributed by atoms with Crippen molar-refractivity contribution in [2.45, 2.75) is 151 Å². The number of likely N-dealkylation sites (tertiary alicyclic amines) is 1. The second-order valence-electron chi connectivity index (χ2n) is 25.9. The van der Waals surface area contributed by atoms with E-state index in [1.807, 2.05) is 36.4 Å². The molecule has 1 amide bonds. The summed E-state index contributed by atoms with van der Waals surface area (Å²) >= 11 is 0. The van der Waals surface area contributed by atoms with Crippen LogP contribution in [0.25, 0.3) is 0 Å². The summed E-state index contributed by atoms with van der Waals surface area (Å²) in [5, 5.41) is 0. The maximum Gasteiger partial charge on any atom is 0.259 e. The van der Waals surface area contributed by atoms with E-state index in [0.29, 0.717) is 119 Å². The van der Waals surface area contributed by atoms with Crippen LogP contribution in [0.1, 0.15) is 147 Å². The van der Waals surface area contributed by atoms with Crippen molar-refractivity contribution in [3.8, 4) is 28.7 Å². The van der Waals surface area contributed by atoms with Gasteiger partial charge in [-0.2, -0.15) is 4.99 Å². The lowest BCUT2D eigenvalue weighted by Gasteiger charge is -2.35. The SMILES string of the molecule is CC(C)N1CCC(Oc2cccc3c2C(N)=NS(=O)(=O)C3)CC1.NC1=NC(=O)Cc2cccc(OC3CCCC3)c21.NC1=NS(=O)(=O)Cc2cccc(OC3CCOC3)c21.NC1=NS(=O)(=O)Cc2cccc(OC3CCOCC3)c21.NC1=NS(=O)(=O)Cc2cccc(OCC3CCC3)c21. The second kappa shape index (κ2) is 31.1. The number of piperidine rings is 1. The third-order valence-corrected chi connectivity index (χ3v) is 22.8. The Labute approximate surface area is 577 Å². The summed E-state index contributed by atoms with van der Waals surface area (Å²) in [4.78, 5) is 17.7. The van der Waals surface area contributed by atoms with E-state index in [9.17, 15) is 38.5 Å². The number of benzene rings is 5. The van der Waals surface area contributed by atoms with Crippen LogP contribution in [0, 0.1) is 5.92 Å². The van der Waals surface area contributed by atoms with Gasteiger partial charge in [0, 0.05) is 38.4 Å². The van der Waals surface area contributed by atoms with Gasteiger partial charge in [0.1, 0.15) is 76.2 Å². The summed E-state index contributed by atoms with van der Waals surface area (Å²) in [5.74, 6) is 3.52. The summed E-state index contributed by atoms with van der Waals surface area (Å²) in [6, 6.07) is 27.7. The molecule has 3 saturated heterocycles. The second-order valence-corrected chi connectivity index (χ2v) is 32.5. The minimum absolute atomic E-state index is 0.00392. The highest BCUT2D eigenvalue weighted by molar-refractivity contribution is 7.90. The maximum atomic E-state index is 11.7. The van der Waals surface area contributed by atoms with Crippen molar-refractivity contribution in [3.63, 3.8) is 0 Å². The molecule has 10 N–H and O–H groups in total. The Bertz CT molecular complexity index is 4460. The molecule has 1 atom stereocenters. The molecule has 27 nitrogen and oxygen atoms in total. The van der Waals surface area contributed by atoms with Crippen LogP contribution in [0.15, 0.2) is 114 Å². The topological polar surface area (TPSA) is 413 Å². The van der Waals surface area contributed by atoms with E-state index in [1.54, 1.807) is 54.6 Å². The average Bonchev–Trinajstić information content (AvgIpc) is 1.25. The lowest BCUT2D eigenvalue weighted by Crippen LogP contribution is -2.42. The largest absolute Gasteiger partial charge is 0.493 e. The molecular formula is C68H85N11O16S4. The molecule has 8 aliphatic heterocycles. The van der Waals surface area contributed by atoms with Crippen LogP contribution in [0.4, 0.5) is 0 Å². The molecule has 0 spiro atoms. The first-order valence-electron chi connectivity index (χ1n) is 33.2. The van der Waals surface area contributed by atoms with Gasteiger partial charge in [0.05, 0.1) is 96.4 Å². The van der Waals surface area contributed by atoms with Crippen molar-refractivity contribution >= 4 is 75.2 Å². The highest BCUT2D eigenvalue weighted by Gasteiger charge is 2.33. The van der Waals surface area contributed by atoms with E-state index in [4.69, 9.17) is 61.8 Å². The van der Waals surface area contributed by atoms with Gasteiger partial charge in [-0.05, 0) is 129 Å². The molecule has 5 aromatic rings. The lowest BCUT2D eigenvalue weighted by molar-refractivity contribution is -0.117. The predicted octanol–water partition coefficient (Wildman–Crippen LogP) is 5.89. The number of nitrogens with zero attached hydrogens (tertiary/aromatic N) is 6. The number of aliphatic imine (C=N–C) groups is 1. The molecule has 5 fully saturated rings. The number of amidine groups is 5. The molecule has 2 saturated carbocycles. The lowest BCUT2D eigenvalue weighted by atomic mass is 9.86. The minimum atomic E-state index is -3.51. The summed E-state index contributed by atoms with van der Waals surface area (Å²) in [7, 11) is -14.0. The monoisotopic (exact) mass is 1440 g/mol. The standard InChI is InChI=1S/C16H23N3O3S.C14H16N2O2.C13H16N2O4S.C13H16N2O3S.C12H14N2O4S/c1-11(2)19-8-6-13(7-9-19)22-14-5-3-4-12-10-23(20,21)18-16(17)15(12)14;15-14-13-9(8-12(17)16-14)4-3-7-11(13)18-10-5-1-2-6-10;14-13-12-9(8-20(16,17)15-13)2-1-3-11(12)19-10-4-6-18-7-5-10;14-13-12-10(8-19(16,17)15-13)5-2-6-11(12)18-7-9-3-1-4-9;13-12-11-8(7-19(15,16)14-12)2-1-3-10(11)18-9-4-5-17-6-9/h3-5,11,13H,6-10H2,1-2H3,(H2,17,18);3-4,7,10H,1-2,5-6,8H2,(H2,15,16,17);1-3,10H,4-8H2,(H2,14,15);2,5-6,9H,1,3-4,7-8H2,(H2,14,15);1-3,9H,4-7H2,(H2,13,14). The first-order valence-corrected chi connectivity index (χ1v) is 39.7. The van der Waals surface area contributed by atoms with Gasteiger partial charge in [-0.25, -0.2) is 33.7 Å². The number of carbonyl (C=O) groups excluding carboxylic acids is 1. The van der Waals surface area contributed by atoms with E-state index in [2.05, 4.69) is 41.3 Å². The molecule has 0 radical (unpaired) electrons. The first kappa shape index (κ1) is 72.1. The molecule has 8 heterocycles. The normalized spacial score (nSPS) is 21.8. The molecule has 10 aliphatic rings. The smallest absolute Gasteiger partial charge is 0.259 e. The Morgan fingerprint density at radius 3 is 1.18 bits per heavy atom. The zero-order chi connectivity index (χ0) is 70.2. The number of nitrogens with two attached hydrogens (primary N) is 5. The van der Waals surface area contributed by atoms with Gasteiger partial charge in [-0.15, -0.1) is 17.6 Å². The average molecular weight is 1440 g/mol. The van der Waals surface area contributed by atoms with Crippen LogP contribution in [-0.4, -0.2) is 150 Å². The highest BCUT2D eigenvalue weighted by Crippen LogP contribution is 2.36. The molecule has 0 aromatic heterocycles. The fourth-order valence-electron chi connectivity index (χ4n) is 13.1. The van der Waals surface area contributed by atoms with E-state index in [-0.39, 0.29) is 82.5 Å². The van der Waals surface area contributed by atoms with Crippen molar-refractivity contribution in [1.82, 2.24) is 4.90 Å². The Balaban J connectivity index is 0.000000125. The van der Waals surface area contributed by atoms with Crippen molar-refractivity contribution in [3.05, 3.63) is 147 Å². The van der Waals surface area contributed by atoms with Crippen LogP contribution in [0.3, 0.4) is 0 Å². The highest BCUT2D eigenvalue weighted by atomic mass is 32.2. The molecule has 15 rings (SSSR count). The van der Waals surface area contributed by atoms with Crippen LogP contribution >= 0.6 is 0 Å². The quantitative estimate of drug-likeness (QED) is 0.0971. The van der Waals surface area contributed by atoms with Gasteiger partial charge in [-0.3, -0.25) is 4.79 Å². The number of hydrogen-bond donors (Lipinski definition) is 5. The van der Waals surface area contributed by atoms with Crippen molar-refractivity contribution in [1.29, 1.82) is 0 Å². The van der Waals surface area contributed by atoms with Crippen LogP contribution in [0.5, 0.6) is 28.7 Å². The maximum absolute atomic E-state index is 11.7. The minimum Gasteiger partial charge on any atom is -0.493 e. The number of ether oxygens (including phenoxy) is 7. The number of carbonyl (C=O) groups is 1. The zero-order valence-corrected chi connectivity index (χ0v) is 58.6. The fraction of sp³-hybridized carbons (Fsp3) is 0.471. The zero-order valence-electron chi connectivity index (χ0n) is 55.3. The number of rotatable bonds is 12. The molecule has 0 bridgehead atoms. The third kappa shape index (κ3) is 18.6. The van der Waals surface area contributed by atoms with Crippen LogP contribution < -0.4 is 52.4 Å². The van der Waals surface area contributed by atoms with Gasteiger partial charge >= 0.3 is 0 Å². The first-order chi connectivity index (χ1) is 47.2. The summed E-state index contributed by atoms with van der Waals surface area (Å²) in [6.45, 7) is 9.66. The van der Waals surface area contributed by atoms with Crippen molar-refractivity contribution in [2.24, 2.45) is 57.2 Å². The number of hydrogen-bond acceptors (Lipinski definition) is 22. The molecule has 99 heavy (non-hydrogen) atoms. The van der Waals surface area contributed by atoms with Crippen LogP contribution in [0.2, 0.25) is 0 Å². The fourth-order valence-corrected chi connectivity index (χ4v) is 17.4. The molecular weight excluding hydrogens is 1360 g/mol. The van der Waals surface area contributed by atoms with Gasteiger partial charge in [0.25, 0.3) is 46.0 Å². The Morgan fingerprint density at radius 2 is 0.788 bits per heavy atom.